The van der Waals surface area contributed by atoms with E-state index in [-0.39, 0.29) is 24.2 Å². The lowest BCUT2D eigenvalue weighted by atomic mass is 9.94. The Morgan fingerprint density at radius 3 is 2.86 bits per heavy atom. The lowest BCUT2D eigenvalue weighted by molar-refractivity contribution is -0.132. The van der Waals surface area contributed by atoms with Crippen molar-refractivity contribution in [2.45, 2.75) is 12.8 Å². The Hall–Kier alpha value is -2.82. The minimum atomic E-state index is -1.03. The van der Waals surface area contributed by atoms with Gasteiger partial charge in [0.2, 0.25) is 0 Å². The summed E-state index contributed by atoms with van der Waals surface area (Å²) in [6, 6.07) is 7.57. The molecule has 5 nitrogen and oxygen atoms in total. The Bertz CT molecular complexity index is 806. The molecule has 0 fully saturated rings. The largest absolute Gasteiger partial charge is 0.478 e. The van der Waals surface area contributed by atoms with Crippen LogP contribution in [0.2, 0.25) is 0 Å². The van der Waals surface area contributed by atoms with Gasteiger partial charge < -0.3 is 5.11 Å². The van der Waals surface area contributed by atoms with Gasteiger partial charge in [-0.2, -0.15) is 0 Å². The van der Waals surface area contributed by atoms with Gasteiger partial charge in [0.25, 0.3) is 0 Å². The summed E-state index contributed by atoms with van der Waals surface area (Å²) in [5, 5.41) is 10.1. The van der Waals surface area contributed by atoms with E-state index in [2.05, 4.69) is 9.97 Å². The molecule has 0 bridgehead atoms. The highest BCUT2D eigenvalue weighted by Gasteiger charge is 2.19. The van der Waals surface area contributed by atoms with Crippen molar-refractivity contribution in [3.05, 3.63) is 59.6 Å². The molecule has 1 aromatic heterocycles. The number of carboxylic acid groups (broad SMARTS) is 1. The molecule has 2 aromatic rings. The molecular formula is C16H12N2O3. The third kappa shape index (κ3) is 2.72. The molecule has 0 unspecified atom stereocenters. The number of hydrogen-bond acceptors (Lipinski definition) is 4. The van der Waals surface area contributed by atoms with Crippen molar-refractivity contribution in [1.29, 1.82) is 0 Å². The second-order valence-corrected chi connectivity index (χ2v) is 4.82. The Kier molecular flexibility index (Phi) is 3.31. The second kappa shape index (κ2) is 5.28. The van der Waals surface area contributed by atoms with Crippen molar-refractivity contribution < 1.29 is 14.7 Å². The summed E-state index contributed by atoms with van der Waals surface area (Å²) < 4.78 is 0. The Balaban J connectivity index is 1.98. The molecule has 0 aliphatic heterocycles. The number of aromatic nitrogens is 2. The number of hydrogen-bond donors (Lipinski definition) is 1. The minimum Gasteiger partial charge on any atom is -0.478 e. The summed E-state index contributed by atoms with van der Waals surface area (Å²) in [5.74, 6) is -0.615. The molecule has 104 valence electrons. The fourth-order valence-corrected chi connectivity index (χ4v) is 2.33. The quantitative estimate of drug-likeness (QED) is 0.931. The molecule has 1 aromatic carbocycles. The number of ketones is 1. The number of benzene rings is 1. The van der Waals surface area contributed by atoms with Crippen LogP contribution in [0.4, 0.5) is 0 Å². The summed E-state index contributed by atoms with van der Waals surface area (Å²) in [6.45, 7) is 0. The normalized spacial score (nSPS) is 14.8. The van der Waals surface area contributed by atoms with Gasteiger partial charge in [0.1, 0.15) is 5.82 Å². The fraction of sp³-hybridized carbons (Fsp3) is 0.125. The topological polar surface area (TPSA) is 80.2 Å². The maximum atomic E-state index is 11.5. The third-order valence-electron chi connectivity index (χ3n) is 3.35. The van der Waals surface area contributed by atoms with Crippen LogP contribution in [-0.2, 0) is 16.0 Å². The number of allylic oxidation sites excluding steroid dienone is 2. The Morgan fingerprint density at radius 2 is 2.05 bits per heavy atom. The summed E-state index contributed by atoms with van der Waals surface area (Å²) in [7, 11) is 0. The van der Waals surface area contributed by atoms with E-state index >= 15 is 0 Å². The van der Waals surface area contributed by atoms with Gasteiger partial charge in [0, 0.05) is 24.4 Å². The monoisotopic (exact) mass is 280 g/mol. The molecule has 0 radical (unpaired) electrons. The van der Waals surface area contributed by atoms with Crippen LogP contribution in [0, 0.1) is 0 Å². The van der Waals surface area contributed by atoms with E-state index in [1.807, 2.05) is 24.3 Å². The maximum absolute atomic E-state index is 11.5. The van der Waals surface area contributed by atoms with Gasteiger partial charge in [-0.25, -0.2) is 14.8 Å². The molecule has 0 spiro atoms. The van der Waals surface area contributed by atoms with E-state index in [4.69, 9.17) is 0 Å². The van der Waals surface area contributed by atoms with Crippen molar-refractivity contribution in [3.8, 4) is 0 Å². The van der Waals surface area contributed by atoms with E-state index in [0.29, 0.717) is 11.4 Å². The molecule has 1 heterocycles. The summed E-state index contributed by atoms with van der Waals surface area (Å²) >= 11 is 0. The summed E-state index contributed by atoms with van der Waals surface area (Å²) in [5.41, 5.74) is 1.51. The predicted molar refractivity (Wildman–Crippen MR) is 76.7 cm³/mol. The first kappa shape index (κ1) is 13.2. The zero-order valence-electron chi connectivity index (χ0n) is 11.1. The van der Waals surface area contributed by atoms with Crippen molar-refractivity contribution in [1.82, 2.24) is 9.97 Å². The molecule has 5 heteroatoms. The predicted octanol–water partition coefficient (Wildman–Crippen LogP) is 2.08. The molecule has 1 N–H and O–H groups in total. The van der Waals surface area contributed by atoms with Crippen molar-refractivity contribution in [2.75, 3.05) is 0 Å². The molecule has 21 heavy (non-hydrogen) atoms. The molecule has 0 saturated heterocycles. The number of carbonyl (C=O) groups excluding carboxylic acids is 1. The van der Waals surface area contributed by atoms with E-state index in [1.54, 1.807) is 6.20 Å². The number of aliphatic carboxylic acids is 1. The van der Waals surface area contributed by atoms with Crippen LogP contribution in [0.15, 0.2) is 53.8 Å². The highest BCUT2D eigenvalue weighted by Crippen LogP contribution is 2.21. The van der Waals surface area contributed by atoms with Gasteiger partial charge in [-0.3, -0.25) is 4.79 Å². The maximum Gasteiger partial charge on any atom is 0.335 e. The first-order valence-corrected chi connectivity index (χ1v) is 6.50. The molecule has 0 amide bonds. The van der Waals surface area contributed by atoms with Crippen molar-refractivity contribution >= 4 is 22.7 Å². The SMILES string of the molecule is O=C1C=CC(C(=O)O)=C(Cc2ncc3ccccc3n2)C1. The Labute approximate surface area is 120 Å². The lowest BCUT2D eigenvalue weighted by Crippen LogP contribution is -2.13. The van der Waals surface area contributed by atoms with E-state index in [1.165, 1.54) is 12.2 Å². The second-order valence-electron chi connectivity index (χ2n) is 4.82. The average Bonchev–Trinajstić information content (AvgIpc) is 2.47. The van der Waals surface area contributed by atoms with E-state index in [0.717, 1.165) is 10.9 Å². The highest BCUT2D eigenvalue weighted by atomic mass is 16.4. The minimum absolute atomic E-state index is 0.101. The number of fused-ring (bicyclic) bond motifs is 1. The highest BCUT2D eigenvalue weighted by molar-refractivity contribution is 6.00. The van der Waals surface area contributed by atoms with Crippen LogP contribution < -0.4 is 0 Å². The van der Waals surface area contributed by atoms with Crippen molar-refractivity contribution in [2.24, 2.45) is 0 Å². The number of carboxylic acids is 1. The number of nitrogens with zero attached hydrogens (tertiary/aromatic N) is 2. The van der Waals surface area contributed by atoms with Gasteiger partial charge >= 0.3 is 5.97 Å². The molecule has 0 saturated carbocycles. The van der Waals surface area contributed by atoms with Gasteiger partial charge in [-0.05, 0) is 23.8 Å². The molecule has 1 aliphatic carbocycles. The lowest BCUT2D eigenvalue weighted by Gasteiger charge is -2.12. The first-order chi connectivity index (χ1) is 10.1. The third-order valence-corrected chi connectivity index (χ3v) is 3.35. The van der Waals surface area contributed by atoms with Crippen LogP contribution in [0.3, 0.4) is 0 Å². The van der Waals surface area contributed by atoms with Gasteiger partial charge in [-0.15, -0.1) is 0 Å². The number of para-hydroxylation sites is 1. The zero-order chi connectivity index (χ0) is 14.8. The van der Waals surface area contributed by atoms with Gasteiger partial charge in [0.15, 0.2) is 5.78 Å². The van der Waals surface area contributed by atoms with Crippen LogP contribution >= 0.6 is 0 Å². The van der Waals surface area contributed by atoms with Crippen molar-refractivity contribution in [3.63, 3.8) is 0 Å². The zero-order valence-corrected chi connectivity index (χ0v) is 11.1. The molecule has 1 aliphatic rings. The average molecular weight is 280 g/mol. The van der Waals surface area contributed by atoms with Gasteiger partial charge in [-0.1, -0.05) is 18.2 Å². The summed E-state index contributed by atoms with van der Waals surface area (Å²) in [4.78, 5) is 31.4. The first-order valence-electron chi connectivity index (χ1n) is 6.50. The van der Waals surface area contributed by atoms with Crippen LogP contribution in [0.5, 0.6) is 0 Å². The van der Waals surface area contributed by atoms with Gasteiger partial charge in [0.05, 0.1) is 11.1 Å². The number of carbonyl (C=O) groups is 2. The van der Waals surface area contributed by atoms with E-state index in [9.17, 15) is 14.7 Å². The molecule has 0 atom stereocenters. The Morgan fingerprint density at radius 1 is 1.24 bits per heavy atom. The smallest absolute Gasteiger partial charge is 0.335 e. The summed E-state index contributed by atoms with van der Waals surface area (Å²) in [6.07, 6.45) is 4.73. The van der Waals surface area contributed by atoms with Crippen LogP contribution in [0.1, 0.15) is 12.2 Å². The number of rotatable bonds is 3. The van der Waals surface area contributed by atoms with Crippen LogP contribution in [-0.4, -0.2) is 26.8 Å². The van der Waals surface area contributed by atoms with E-state index < -0.39 is 5.97 Å². The molecule has 3 rings (SSSR count). The fourth-order valence-electron chi connectivity index (χ4n) is 2.33. The standard InChI is InChI=1S/C16H12N2O3/c19-12-5-6-13(16(20)21)11(7-12)8-15-17-9-10-3-1-2-4-14(10)18-15/h1-6,9H,7-8H2,(H,20,21). The van der Waals surface area contributed by atoms with Crippen LogP contribution in [0.25, 0.3) is 10.9 Å². The molecular weight excluding hydrogens is 268 g/mol.